The van der Waals surface area contributed by atoms with E-state index in [1.54, 1.807) is 86.8 Å². The van der Waals surface area contributed by atoms with Crippen molar-refractivity contribution in [1.82, 2.24) is 19.3 Å². The highest BCUT2D eigenvalue weighted by Gasteiger charge is 2.52. The molecule has 2 amide bonds. The summed E-state index contributed by atoms with van der Waals surface area (Å²) in [7, 11) is -0.902. The zero-order chi connectivity index (χ0) is 46.4. The van der Waals surface area contributed by atoms with Gasteiger partial charge in [-0.1, -0.05) is 6.07 Å². The van der Waals surface area contributed by atoms with E-state index in [1.165, 1.54) is 16.8 Å². The van der Waals surface area contributed by atoms with Crippen LogP contribution in [0.25, 0.3) is 43.8 Å². The van der Waals surface area contributed by atoms with Crippen molar-refractivity contribution in [3.05, 3.63) is 57.3 Å². The SMILES string of the molecule is CC(C)(C)OC(=O)N(C(=O)OC(C)(C)C)c1c(-c2ccc(F)c3nn(C4CCCCO4)cc23)c2cc(Br)c3ncc(B4OC(C)(C)C(C)(C)O4)cc3c2n(C(=O)OC(C)(C)C)c1=O. The van der Waals surface area contributed by atoms with Gasteiger partial charge in [-0.2, -0.15) is 10.00 Å². The summed E-state index contributed by atoms with van der Waals surface area (Å²) < 4.78 is 55.0. The molecule has 5 aromatic rings. The van der Waals surface area contributed by atoms with Gasteiger partial charge >= 0.3 is 25.4 Å². The Kier molecular flexibility index (Phi) is 11.7. The first kappa shape index (κ1) is 46.1. The third-order valence-electron chi connectivity index (χ3n) is 10.9. The molecule has 2 saturated heterocycles. The van der Waals surface area contributed by atoms with Gasteiger partial charge in [0.1, 0.15) is 34.2 Å². The highest BCUT2D eigenvalue weighted by Crippen LogP contribution is 2.45. The largest absolute Gasteiger partial charge is 0.496 e. The maximum absolute atomic E-state index is 16.0. The van der Waals surface area contributed by atoms with Crippen LogP contribution in [-0.2, 0) is 28.3 Å². The van der Waals surface area contributed by atoms with Crippen LogP contribution in [0.5, 0.6) is 0 Å². The summed E-state index contributed by atoms with van der Waals surface area (Å²) in [6, 6.07) is 5.94. The summed E-state index contributed by atoms with van der Waals surface area (Å²) in [5.41, 5.74) is -5.87. The zero-order valence-corrected chi connectivity index (χ0v) is 39.6. The third-order valence-corrected chi connectivity index (χ3v) is 11.5. The number of carbonyl (C=O) groups is 3. The molecule has 3 aromatic heterocycles. The number of benzene rings is 2. The number of pyridine rings is 2. The molecule has 2 aromatic carbocycles. The van der Waals surface area contributed by atoms with E-state index >= 15 is 9.18 Å². The van der Waals surface area contributed by atoms with Crippen LogP contribution in [0.2, 0.25) is 0 Å². The average Bonchev–Trinajstić information content (AvgIpc) is 3.69. The Morgan fingerprint density at radius 1 is 0.857 bits per heavy atom. The number of carbonyl (C=O) groups excluding carboxylic acids is 3. The first-order valence-electron chi connectivity index (χ1n) is 20.9. The lowest BCUT2D eigenvalue weighted by atomic mass is 9.79. The van der Waals surface area contributed by atoms with E-state index < -0.39 is 76.7 Å². The molecule has 5 heterocycles. The number of halogens is 2. The second-order valence-electron chi connectivity index (χ2n) is 19.9. The minimum atomic E-state index is -1.28. The molecular weight excluding hydrogens is 880 g/mol. The topological polar surface area (TPSA) is 163 Å². The van der Waals surface area contributed by atoms with Gasteiger partial charge in [-0.3, -0.25) is 9.78 Å². The Hall–Kier alpha value is -4.91. The van der Waals surface area contributed by atoms with E-state index in [2.05, 4.69) is 21.0 Å². The first-order chi connectivity index (χ1) is 29.1. The number of amides is 2. The van der Waals surface area contributed by atoms with Crippen LogP contribution >= 0.6 is 15.9 Å². The van der Waals surface area contributed by atoms with Crippen LogP contribution in [0.1, 0.15) is 115 Å². The van der Waals surface area contributed by atoms with E-state index in [1.807, 2.05) is 27.7 Å². The molecule has 2 aliphatic heterocycles. The van der Waals surface area contributed by atoms with E-state index in [0.717, 1.165) is 17.4 Å². The molecule has 15 nitrogen and oxygen atoms in total. The summed E-state index contributed by atoms with van der Waals surface area (Å²) in [6.45, 7) is 22.6. The second kappa shape index (κ2) is 16.0. The van der Waals surface area contributed by atoms with Crippen LogP contribution in [0.15, 0.2) is 45.9 Å². The Morgan fingerprint density at radius 3 is 2.02 bits per heavy atom. The number of imide groups is 1. The van der Waals surface area contributed by atoms with Gasteiger partial charge in [0.05, 0.1) is 22.2 Å². The standard InChI is InChI=1S/C45H54BBrFN5O10/c1-41(2,3)59-38(55)52-35-26(21-29(47)33-27(35)20-24(22-49-33)46-62-44(10,11)45(12,13)63-46)32(25-17-18-30(48)34-28(25)23-51(50-34)31-16-14-15-19-58-31)36(37(52)54)53(39(56)60-42(4,5)6)40(57)61-43(7,8)9/h17-18,20-23,31H,14-16,19H2,1-13H3. The van der Waals surface area contributed by atoms with Gasteiger partial charge in [0.2, 0.25) is 0 Å². The molecule has 2 fully saturated rings. The monoisotopic (exact) mass is 933 g/mol. The Balaban J connectivity index is 1.69. The fourth-order valence-electron chi connectivity index (χ4n) is 7.46. The van der Waals surface area contributed by atoms with Gasteiger partial charge in [-0.15, -0.1) is 0 Å². The number of nitrogens with zero attached hydrogens (tertiary/aromatic N) is 5. The van der Waals surface area contributed by atoms with E-state index in [0.29, 0.717) is 33.4 Å². The van der Waals surface area contributed by atoms with Crippen LogP contribution in [-0.4, -0.2) is 79.3 Å². The number of hydrogen-bond acceptors (Lipinski definition) is 12. The van der Waals surface area contributed by atoms with Crippen molar-refractivity contribution in [2.45, 2.75) is 144 Å². The average molecular weight is 935 g/mol. The van der Waals surface area contributed by atoms with Crippen molar-refractivity contribution in [2.24, 2.45) is 0 Å². The van der Waals surface area contributed by atoms with Gasteiger partial charge < -0.3 is 28.3 Å². The molecule has 2 aliphatic rings. The Bertz CT molecular complexity index is 2700. The molecule has 0 saturated carbocycles. The second-order valence-corrected chi connectivity index (χ2v) is 20.8. The molecule has 1 unspecified atom stereocenters. The molecule has 0 aliphatic carbocycles. The number of rotatable bonds is 4. The van der Waals surface area contributed by atoms with Crippen LogP contribution in [0, 0.1) is 5.82 Å². The van der Waals surface area contributed by atoms with Gasteiger partial charge in [0, 0.05) is 50.7 Å². The van der Waals surface area contributed by atoms with Crippen molar-refractivity contribution in [3.8, 4) is 11.1 Å². The highest BCUT2D eigenvalue weighted by atomic mass is 79.9. The van der Waals surface area contributed by atoms with Crippen molar-refractivity contribution >= 4 is 85.2 Å². The quantitative estimate of drug-likeness (QED) is 0.0954. The van der Waals surface area contributed by atoms with Crippen molar-refractivity contribution in [3.63, 3.8) is 0 Å². The fourth-order valence-corrected chi connectivity index (χ4v) is 8.01. The molecule has 336 valence electrons. The Morgan fingerprint density at radius 2 is 1.46 bits per heavy atom. The summed E-state index contributed by atoms with van der Waals surface area (Å²) >= 11 is 3.70. The molecule has 7 rings (SSSR count). The lowest BCUT2D eigenvalue weighted by Crippen LogP contribution is -2.47. The van der Waals surface area contributed by atoms with Gasteiger partial charge in [-0.25, -0.2) is 28.0 Å². The number of hydrogen-bond donors (Lipinski definition) is 0. The van der Waals surface area contributed by atoms with Gasteiger partial charge in [0.25, 0.3) is 5.56 Å². The maximum atomic E-state index is 16.0. The predicted octanol–water partition coefficient (Wildman–Crippen LogP) is 9.93. The first-order valence-corrected chi connectivity index (χ1v) is 21.7. The molecule has 0 spiro atoms. The number of anilines is 1. The van der Waals surface area contributed by atoms with Crippen LogP contribution in [0.3, 0.4) is 0 Å². The lowest BCUT2D eigenvalue weighted by molar-refractivity contribution is -0.0391. The summed E-state index contributed by atoms with van der Waals surface area (Å²) in [5, 5.41) is 5.25. The summed E-state index contributed by atoms with van der Waals surface area (Å²) in [6.07, 6.45) is 1.34. The summed E-state index contributed by atoms with van der Waals surface area (Å²) in [5.74, 6) is -0.671. The molecule has 63 heavy (non-hydrogen) atoms. The number of ether oxygens (including phenoxy) is 4. The normalized spacial score (nSPS) is 18.0. The van der Waals surface area contributed by atoms with Crippen molar-refractivity contribution in [1.29, 1.82) is 0 Å². The highest BCUT2D eigenvalue weighted by molar-refractivity contribution is 9.10. The number of aromatic nitrogens is 4. The maximum Gasteiger partial charge on any atom is 0.496 e. The van der Waals surface area contributed by atoms with E-state index in [4.69, 9.17) is 33.2 Å². The van der Waals surface area contributed by atoms with Gasteiger partial charge in [-0.05, 0) is 149 Å². The minimum Gasteiger partial charge on any atom is -0.443 e. The predicted molar refractivity (Wildman–Crippen MR) is 241 cm³/mol. The van der Waals surface area contributed by atoms with E-state index in [9.17, 15) is 14.4 Å². The third kappa shape index (κ3) is 8.96. The smallest absolute Gasteiger partial charge is 0.443 e. The minimum absolute atomic E-state index is 0.00845. The van der Waals surface area contributed by atoms with Gasteiger partial charge in [0.15, 0.2) is 5.82 Å². The summed E-state index contributed by atoms with van der Waals surface area (Å²) in [4.78, 5) is 64.9. The molecule has 0 bridgehead atoms. The molecular formula is C45H54BBrFN5O10. The molecule has 1 atom stereocenters. The zero-order valence-electron chi connectivity index (χ0n) is 38.0. The van der Waals surface area contributed by atoms with E-state index in [-0.39, 0.29) is 38.3 Å². The molecule has 0 N–H and O–H groups in total. The van der Waals surface area contributed by atoms with Crippen LogP contribution in [0.4, 0.5) is 24.5 Å². The molecule has 18 heteroatoms. The molecule has 0 radical (unpaired) electrons. The van der Waals surface area contributed by atoms with Crippen molar-refractivity contribution in [2.75, 3.05) is 11.5 Å². The Labute approximate surface area is 373 Å². The number of fused-ring (bicyclic) bond motifs is 4. The fraction of sp³-hybridized carbons (Fsp3) is 0.511. The van der Waals surface area contributed by atoms with Crippen molar-refractivity contribution < 1.29 is 47.0 Å². The lowest BCUT2D eigenvalue weighted by Gasteiger charge is -2.32. The van der Waals surface area contributed by atoms with Crippen LogP contribution < -0.4 is 15.9 Å².